The van der Waals surface area contributed by atoms with Crippen molar-refractivity contribution in [3.8, 4) is 11.3 Å². The Morgan fingerprint density at radius 2 is 2.04 bits per heavy atom. The van der Waals surface area contributed by atoms with Crippen LogP contribution in [0.3, 0.4) is 0 Å². The molecule has 0 aliphatic heterocycles. The lowest BCUT2D eigenvalue weighted by molar-refractivity contribution is 0.0601. The third-order valence-electron chi connectivity index (χ3n) is 3.91. The molecule has 0 fully saturated rings. The maximum absolute atomic E-state index is 11.8. The van der Waals surface area contributed by atoms with E-state index in [1.165, 1.54) is 7.11 Å². The molecule has 0 saturated carbocycles. The van der Waals surface area contributed by atoms with Gasteiger partial charge in [-0.05, 0) is 41.8 Å². The number of aromatic nitrogens is 2. The van der Waals surface area contributed by atoms with Crippen molar-refractivity contribution in [1.82, 2.24) is 9.97 Å². The van der Waals surface area contributed by atoms with Crippen LogP contribution in [0.2, 0.25) is 0 Å². The van der Waals surface area contributed by atoms with Crippen LogP contribution >= 0.6 is 0 Å². The summed E-state index contributed by atoms with van der Waals surface area (Å²) in [5, 5.41) is 1.02. The second-order valence-corrected chi connectivity index (χ2v) is 5.79. The molecule has 0 spiro atoms. The van der Waals surface area contributed by atoms with Gasteiger partial charge in [-0.3, -0.25) is 0 Å². The van der Waals surface area contributed by atoms with Gasteiger partial charge in [0.15, 0.2) is 0 Å². The van der Waals surface area contributed by atoms with Gasteiger partial charge >= 0.3 is 5.97 Å². The van der Waals surface area contributed by atoms with Crippen LogP contribution in [-0.2, 0) is 4.74 Å². The largest absolute Gasteiger partial charge is 0.465 e. The molecular weight excluding hydrogens is 290 g/mol. The zero-order valence-corrected chi connectivity index (χ0v) is 13.4. The first-order chi connectivity index (χ1) is 11.0. The molecule has 5 heteroatoms. The van der Waals surface area contributed by atoms with Crippen LogP contribution in [0.5, 0.6) is 0 Å². The fourth-order valence-electron chi connectivity index (χ4n) is 2.89. The SMILES string of the molecule is COC(=O)c1ccc2[nH]c(-c3ccnc(N)c3)c(C(C)C)c2c1. The second kappa shape index (κ2) is 5.76. The molecule has 0 saturated heterocycles. The normalized spacial score (nSPS) is 11.1. The first kappa shape index (κ1) is 15.1. The minimum atomic E-state index is -0.336. The smallest absolute Gasteiger partial charge is 0.337 e. The number of carbonyl (C=O) groups is 1. The van der Waals surface area contributed by atoms with Crippen LogP contribution in [0.25, 0.3) is 22.2 Å². The molecule has 5 nitrogen and oxygen atoms in total. The highest BCUT2D eigenvalue weighted by Gasteiger charge is 2.18. The highest BCUT2D eigenvalue weighted by molar-refractivity contribution is 5.98. The van der Waals surface area contributed by atoms with Crippen LogP contribution < -0.4 is 5.73 Å². The Balaban J connectivity index is 2.26. The summed E-state index contributed by atoms with van der Waals surface area (Å²) >= 11 is 0. The summed E-state index contributed by atoms with van der Waals surface area (Å²) in [7, 11) is 1.39. The first-order valence-electron chi connectivity index (χ1n) is 7.47. The number of anilines is 1. The Kier molecular flexibility index (Phi) is 3.78. The van der Waals surface area contributed by atoms with Gasteiger partial charge in [-0.15, -0.1) is 0 Å². The predicted octanol–water partition coefficient (Wildman–Crippen LogP) is 3.72. The van der Waals surface area contributed by atoms with Crippen molar-refractivity contribution in [2.45, 2.75) is 19.8 Å². The van der Waals surface area contributed by atoms with E-state index in [0.29, 0.717) is 11.4 Å². The highest BCUT2D eigenvalue weighted by Crippen LogP contribution is 2.36. The quantitative estimate of drug-likeness (QED) is 0.722. The van der Waals surface area contributed by atoms with Crippen LogP contribution in [-0.4, -0.2) is 23.0 Å². The average molecular weight is 309 g/mol. The Hall–Kier alpha value is -2.82. The predicted molar refractivity (Wildman–Crippen MR) is 91.4 cm³/mol. The molecule has 0 amide bonds. The van der Waals surface area contributed by atoms with Crippen molar-refractivity contribution in [3.63, 3.8) is 0 Å². The monoisotopic (exact) mass is 309 g/mol. The minimum absolute atomic E-state index is 0.279. The number of nitrogens with zero attached hydrogens (tertiary/aromatic N) is 1. The molecule has 0 bridgehead atoms. The number of nitrogen functional groups attached to an aromatic ring is 1. The summed E-state index contributed by atoms with van der Waals surface area (Å²) in [5.74, 6) is 0.421. The maximum Gasteiger partial charge on any atom is 0.337 e. The van der Waals surface area contributed by atoms with Gasteiger partial charge in [0.2, 0.25) is 0 Å². The van der Waals surface area contributed by atoms with E-state index < -0.39 is 0 Å². The number of fused-ring (bicyclic) bond motifs is 1. The third kappa shape index (κ3) is 2.65. The van der Waals surface area contributed by atoms with E-state index >= 15 is 0 Å². The van der Waals surface area contributed by atoms with Crippen molar-refractivity contribution in [1.29, 1.82) is 0 Å². The summed E-state index contributed by atoms with van der Waals surface area (Å²) in [4.78, 5) is 19.3. The molecule has 3 rings (SSSR count). The molecule has 23 heavy (non-hydrogen) atoms. The van der Waals surface area contributed by atoms with Crippen LogP contribution in [0.1, 0.15) is 35.7 Å². The summed E-state index contributed by atoms with van der Waals surface area (Å²) in [6, 6.07) is 9.31. The molecule has 0 aliphatic carbocycles. The molecule has 3 N–H and O–H groups in total. The number of H-pyrrole nitrogens is 1. The molecule has 0 atom stereocenters. The van der Waals surface area contributed by atoms with Gasteiger partial charge < -0.3 is 15.5 Å². The van der Waals surface area contributed by atoms with E-state index in [9.17, 15) is 4.79 Å². The number of pyridine rings is 1. The minimum Gasteiger partial charge on any atom is -0.465 e. The van der Waals surface area contributed by atoms with E-state index in [2.05, 4.69) is 23.8 Å². The molecular formula is C18H19N3O2. The van der Waals surface area contributed by atoms with Crippen molar-refractivity contribution in [2.75, 3.05) is 12.8 Å². The third-order valence-corrected chi connectivity index (χ3v) is 3.91. The number of hydrogen-bond donors (Lipinski definition) is 2. The van der Waals surface area contributed by atoms with Crippen molar-refractivity contribution in [3.05, 3.63) is 47.7 Å². The number of nitrogens with one attached hydrogen (secondary N) is 1. The summed E-state index contributed by atoms with van der Waals surface area (Å²) in [5.41, 5.74) is 10.5. The van der Waals surface area contributed by atoms with Gasteiger partial charge in [0.1, 0.15) is 5.82 Å². The highest BCUT2D eigenvalue weighted by atomic mass is 16.5. The Morgan fingerprint density at radius 1 is 1.26 bits per heavy atom. The Labute approximate surface area is 134 Å². The number of benzene rings is 1. The first-order valence-corrected chi connectivity index (χ1v) is 7.47. The summed E-state index contributed by atoms with van der Waals surface area (Å²) in [6.07, 6.45) is 1.69. The number of hydrogen-bond acceptors (Lipinski definition) is 4. The van der Waals surface area contributed by atoms with E-state index in [1.807, 2.05) is 24.3 Å². The molecule has 3 aromatic rings. The second-order valence-electron chi connectivity index (χ2n) is 5.79. The summed E-state index contributed by atoms with van der Waals surface area (Å²) in [6.45, 7) is 4.25. The number of rotatable bonds is 3. The number of methoxy groups -OCH3 is 1. The van der Waals surface area contributed by atoms with E-state index in [1.54, 1.807) is 12.3 Å². The molecule has 2 heterocycles. The number of carbonyl (C=O) groups excluding carboxylic acids is 1. The lowest BCUT2D eigenvalue weighted by atomic mass is 9.95. The zero-order valence-electron chi connectivity index (χ0n) is 13.4. The van der Waals surface area contributed by atoms with Gasteiger partial charge in [-0.1, -0.05) is 13.8 Å². The number of esters is 1. The van der Waals surface area contributed by atoms with Gasteiger partial charge in [-0.2, -0.15) is 0 Å². The van der Waals surface area contributed by atoms with E-state index in [-0.39, 0.29) is 11.9 Å². The number of nitrogens with two attached hydrogens (primary N) is 1. The van der Waals surface area contributed by atoms with Gasteiger partial charge in [0.25, 0.3) is 0 Å². The number of ether oxygens (including phenoxy) is 1. The molecule has 2 aromatic heterocycles. The average Bonchev–Trinajstić information content (AvgIpc) is 2.92. The number of aromatic amines is 1. The molecule has 118 valence electrons. The fraction of sp³-hybridized carbons (Fsp3) is 0.222. The summed E-state index contributed by atoms with van der Waals surface area (Å²) < 4.78 is 4.82. The Bertz CT molecular complexity index is 881. The molecule has 0 radical (unpaired) electrons. The van der Waals surface area contributed by atoms with Gasteiger partial charge in [0, 0.05) is 22.7 Å². The molecule has 0 unspecified atom stereocenters. The van der Waals surface area contributed by atoms with Gasteiger partial charge in [-0.25, -0.2) is 9.78 Å². The van der Waals surface area contributed by atoms with Crippen LogP contribution in [0, 0.1) is 0 Å². The standard InChI is InChI=1S/C18H19N3O2/c1-10(2)16-13-8-12(18(22)23-3)4-5-14(13)21-17(16)11-6-7-20-15(19)9-11/h4-10,21H,1-3H3,(H2,19,20). The van der Waals surface area contributed by atoms with Gasteiger partial charge in [0.05, 0.1) is 18.4 Å². The Morgan fingerprint density at radius 3 is 2.70 bits per heavy atom. The van der Waals surface area contributed by atoms with E-state index in [0.717, 1.165) is 27.7 Å². The lowest BCUT2D eigenvalue weighted by Crippen LogP contribution is -2.00. The van der Waals surface area contributed by atoms with E-state index in [4.69, 9.17) is 10.5 Å². The lowest BCUT2D eigenvalue weighted by Gasteiger charge is -2.09. The maximum atomic E-state index is 11.8. The topological polar surface area (TPSA) is 81.0 Å². The van der Waals surface area contributed by atoms with Crippen molar-refractivity contribution >= 4 is 22.7 Å². The molecule has 1 aromatic carbocycles. The van der Waals surface area contributed by atoms with Crippen molar-refractivity contribution < 1.29 is 9.53 Å². The molecule has 0 aliphatic rings. The fourth-order valence-corrected chi connectivity index (χ4v) is 2.89. The van der Waals surface area contributed by atoms with Crippen LogP contribution in [0.15, 0.2) is 36.5 Å². The van der Waals surface area contributed by atoms with Crippen molar-refractivity contribution in [2.24, 2.45) is 0 Å². The zero-order chi connectivity index (χ0) is 16.6. The van der Waals surface area contributed by atoms with Crippen LogP contribution in [0.4, 0.5) is 5.82 Å².